The summed E-state index contributed by atoms with van der Waals surface area (Å²) in [6.45, 7) is 2.08. The van der Waals surface area contributed by atoms with Crippen molar-refractivity contribution in [2.75, 3.05) is 10.6 Å². The summed E-state index contributed by atoms with van der Waals surface area (Å²) in [5.74, 6) is 0.223. The zero-order chi connectivity index (χ0) is 14.8. The Morgan fingerprint density at radius 2 is 2.24 bits per heavy atom. The maximum atomic E-state index is 12.2. The summed E-state index contributed by atoms with van der Waals surface area (Å²) in [6, 6.07) is 7.04. The molecule has 0 radical (unpaired) electrons. The summed E-state index contributed by atoms with van der Waals surface area (Å²) >= 11 is 0. The predicted octanol–water partition coefficient (Wildman–Crippen LogP) is 2.11. The lowest BCUT2D eigenvalue weighted by molar-refractivity contribution is -0.115. The van der Waals surface area contributed by atoms with Crippen LogP contribution in [-0.2, 0) is 17.6 Å². The van der Waals surface area contributed by atoms with E-state index in [2.05, 4.69) is 27.8 Å². The van der Waals surface area contributed by atoms with Crippen molar-refractivity contribution in [1.29, 1.82) is 0 Å². The molecule has 1 aromatic carbocycles. The van der Waals surface area contributed by atoms with Gasteiger partial charge in [-0.3, -0.25) is 14.7 Å². The molecule has 0 fully saturated rings. The van der Waals surface area contributed by atoms with Crippen molar-refractivity contribution in [3.05, 3.63) is 41.1 Å². The second-order valence-electron chi connectivity index (χ2n) is 5.08. The van der Waals surface area contributed by atoms with Gasteiger partial charge in [-0.05, 0) is 24.1 Å². The Morgan fingerprint density at radius 1 is 1.38 bits per heavy atom. The number of nitrogens with zero attached hydrogens (tertiary/aromatic N) is 1. The Hall–Kier alpha value is -2.63. The van der Waals surface area contributed by atoms with Crippen LogP contribution in [-0.4, -0.2) is 22.0 Å². The third-order valence-corrected chi connectivity index (χ3v) is 3.39. The summed E-state index contributed by atoms with van der Waals surface area (Å²) < 4.78 is 0. The van der Waals surface area contributed by atoms with Gasteiger partial charge in [0.05, 0.1) is 6.42 Å². The van der Waals surface area contributed by atoms with E-state index in [0.717, 1.165) is 24.1 Å². The molecule has 1 aliphatic heterocycles. The molecule has 1 aliphatic rings. The first kappa shape index (κ1) is 13.4. The molecular weight excluding hydrogens is 268 g/mol. The molecule has 0 bridgehead atoms. The molecule has 1 aromatic heterocycles. The molecule has 6 nitrogen and oxygen atoms in total. The van der Waals surface area contributed by atoms with Crippen molar-refractivity contribution in [3.8, 4) is 0 Å². The number of hydrogen-bond acceptors (Lipinski definition) is 3. The molecule has 6 heteroatoms. The minimum atomic E-state index is -0.242. The van der Waals surface area contributed by atoms with Gasteiger partial charge in [0, 0.05) is 23.0 Å². The molecular formula is C15H16N4O2. The first-order valence-corrected chi connectivity index (χ1v) is 6.94. The van der Waals surface area contributed by atoms with Crippen LogP contribution in [0, 0.1) is 0 Å². The van der Waals surface area contributed by atoms with Gasteiger partial charge in [0.25, 0.3) is 5.91 Å². The summed E-state index contributed by atoms with van der Waals surface area (Å²) in [6.07, 6.45) is 2.28. The van der Waals surface area contributed by atoms with Gasteiger partial charge in [0.2, 0.25) is 5.91 Å². The number of carbonyl (C=O) groups excluding carboxylic acids is 2. The molecule has 3 N–H and O–H groups in total. The number of anilines is 2. The summed E-state index contributed by atoms with van der Waals surface area (Å²) in [4.78, 5) is 23.5. The van der Waals surface area contributed by atoms with Crippen molar-refractivity contribution in [2.24, 2.45) is 0 Å². The first-order valence-electron chi connectivity index (χ1n) is 6.94. The molecule has 0 saturated heterocycles. The van der Waals surface area contributed by atoms with E-state index in [-0.39, 0.29) is 11.8 Å². The number of hydrogen-bond donors (Lipinski definition) is 3. The largest absolute Gasteiger partial charge is 0.326 e. The van der Waals surface area contributed by atoms with E-state index in [4.69, 9.17) is 0 Å². The van der Waals surface area contributed by atoms with Crippen LogP contribution < -0.4 is 10.6 Å². The number of nitrogens with one attached hydrogen (secondary N) is 3. The van der Waals surface area contributed by atoms with Gasteiger partial charge in [0.1, 0.15) is 0 Å². The van der Waals surface area contributed by atoms with Crippen molar-refractivity contribution < 1.29 is 9.59 Å². The van der Waals surface area contributed by atoms with Crippen LogP contribution in [0.3, 0.4) is 0 Å². The summed E-state index contributed by atoms with van der Waals surface area (Å²) in [5, 5.41) is 12.4. The standard InChI is InChI=1S/C15H16N4O2/c1-2-3-11-8-13(19-18-11)17-15(21)10-5-4-9-7-14(20)16-12(9)6-10/h4-6,8H,2-3,7H2,1H3,(H,16,20)(H2,17,18,19,21). The summed E-state index contributed by atoms with van der Waals surface area (Å²) in [7, 11) is 0. The number of aryl methyl sites for hydroxylation is 1. The fourth-order valence-corrected chi connectivity index (χ4v) is 2.37. The van der Waals surface area contributed by atoms with Gasteiger partial charge in [-0.2, -0.15) is 5.10 Å². The van der Waals surface area contributed by atoms with Crippen LogP contribution >= 0.6 is 0 Å². The molecule has 0 saturated carbocycles. The lowest BCUT2D eigenvalue weighted by Crippen LogP contribution is -2.12. The van der Waals surface area contributed by atoms with E-state index in [1.807, 2.05) is 6.07 Å². The predicted molar refractivity (Wildman–Crippen MR) is 79.3 cm³/mol. The highest BCUT2D eigenvalue weighted by atomic mass is 16.2. The van der Waals surface area contributed by atoms with Gasteiger partial charge in [-0.1, -0.05) is 19.4 Å². The van der Waals surface area contributed by atoms with Crippen molar-refractivity contribution >= 4 is 23.3 Å². The number of fused-ring (bicyclic) bond motifs is 1. The summed E-state index contributed by atoms with van der Waals surface area (Å²) in [5.41, 5.74) is 3.12. The quantitative estimate of drug-likeness (QED) is 0.803. The zero-order valence-corrected chi connectivity index (χ0v) is 11.7. The number of amides is 2. The number of aromatic nitrogens is 2. The highest BCUT2D eigenvalue weighted by molar-refractivity contribution is 6.06. The van der Waals surface area contributed by atoms with E-state index in [1.165, 1.54) is 0 Å². The SMILES string of the molecule is CCCc1cc(NC(=O)c2ccc3c(c2)NC(=O)C3)n[nH]1. The zero-order valence-electron chi connectivity index (χ0n) is 11.7. The van der Waals surface area contributed by atoms with Gasteiger partial charge in [0.15, 0.2) is 5.82 Å². The number of rotatable bonds is 4. The van der Waals surface area contributed by atoms with Crippen LogP contribution in [0.15, 0.2) is 24.3 Å². The van der Waals surface area contributed by atoms with Gasteiger partial charge in [-0.25, -0.2) is 0 Å². The van der Waals surface area contributed by atoms with Crippen LogP contribution in [0.1, 0.15) is 35.0 Å². The monoisotopic (exact) mass is 284 g/mol. The van der Waals surface area contributed by atoms with Crippen LogP contribution in [0.25, 0.3) is 0 Å². The van der Waals surface area contributed by atoms with Gasteiger partial charge < -0.3 is 10.6 Å². The van der Waals surface area contributed by atoms with E-state index in [1.54, 1.807) is 18.2 Å². The smallest absolute Gasteiger partial charge is 0.256 e. The van der Waals surface area contributed by atoms with E-state index in [9.17, 15) is 9.59 Å². The molecule has 21 heavy (non-hydrogen) atoms. The Morgan fingerprint density at radius 3 is 3.05 bits per heavy atom. The fourth-order valence-electron chi connectivity index (χ4n) is 2.37. The van der Waals surface area contributed by atoms with E-state index < -0.39 is 0 Å². The number of carbonyl (C=O) groups is 2. The Bertz CT molecular complexity index is 705. The second kappa shape index (κ2) is 5.40. The minimum Gasteiger partial charge on any atom is -0.326 e. The Kier molecular flexibility index (Phi) is 3.43. The molecule has 2 heterocycles. The number of H-pyrrole nitrogens is 1. The van der Waals surface area contributed by atoms with Crippen molar-refractivity contribution in [2.45, 2.75) is 26.2 Å². The Balaban J connectivity index is 1.73. The number of aromatic amines is 1. The fraction of sp³-hybridized carbons (Fsp3) is 0.267. The van der Waals surface area contributed by atoms with Gasteiger partial charge >= 0.3 is 0 Å². The van der Waals surface area contributed by atoms with Crippen LogP contribution in [0.5, 0.6) is 0 Å². The van der Waals surface area contributed by atoms with Crippen molar-refractivity contribution in [3.63, 3.8) is 0 Å². The maximum absolute atomic E-state index is 12.2. The highest BCUT2D eigenvalue weighted by Gasteiger charge is 2.19. The molecule has 3 rings (SSSR count). The van der Waals surface area contributed by atoms with E-state index in [0.29, 0.717) is 23.5 Å². The lowest BCUT2D eigenvalue weighted by Gasteiger charge is -2.04. The third-order valence-electron chi connectivity index (χ3n) is 3.39. The molecule has 0 aliphatic carbocycles. The topological polar surface area (TPSA) is 86.9 Å². The number of benzene rings is 1. The first-order chi connectivity index (χ1) is 10.2. The van der Waals surface area contributed by atoms with Crippen molar-refractivity contribution in [1.82, 2.24) is 10.2 Å². The molecule has 0 spiro atoms. The average Bonchev–Trinajstić information content (AvgIpc) is 3.03. The normalized spacial score (nSPS) is 12.9. The third kappa shape index (κ3) is 2.79. The minimum absolute atomic E-state index is 0.0425. The molecule has 0 atom stereocenters. The van der Waals surface area contributed by atoms with Crippen LogP contribution in [0.2, 0.25) is 0 Å². The second-order valence-corrected chi connectivity index (χ2v) is 5.08. The van der Waals surface area contributed by atoms with E-state index >= 15 is 0 Å². The average molecular weight is 284 g/mol. The van der Waals surface area contributed by atoms with Gasteiger partial charge in [-0.15, -0.1) is 0 Å². The molecule has 2 aromatic rings. The molecule has 0 unspecified atom stereocenters. The van der Waals surface area contributed by atoms with Crippen LogP contribution in [0.4, 0.5) is 11.5 Å². The lowest BCUT2D eigenvalue weighted by atomic mass is 10.1. The molecule has 2 amide bonds. The highest BCUT2D eigenvalue weighted by Crippen LogP contribution is 2.24. The molecule has 108 valence electrons. The Labute approximate surface area is 121 Å². The maximum Gasteiger partial charge on any atom is 0.256 e.